The molecule has 2 heterocycles. The monoisotopic (exact) mass is 496 g/mol. The standard InChI is InChI=1S/C29H24N2O4S/c1-34-20-8-5-7-19(16-20)27-22-12-11-18-6-3-4-9-21(18)26(22)30-29-31(27)28(33)25(36-29)15-17-10-13-23(32)24(14-17)35-2/h3-10,13-16,27,32H,11-12H2,1-2H3/b25-15+/t27-/m0/s1. The summed E-state index contributed by atoms with van der Waals surface area (Å²) in [4.78, 5) is 19.6. The highest BCUT2D eigenvalue weighted by Crippen LogP contribution is 2.41. The number of phenolic OH excluding ortho intramolecular Hbond substituents is 1. The molecule has 36 heavy (non-hydrogen) atoms. The fourth-order valence-corrected chi connectivity index (χ4v) is 6.07. The van der Waals surface area contributed by atoms with Gasteiger partial charge in [0.15, 0.2) is 16.3 Å². The van der Waals surface area contributed by atoms with Gasteiger partial charge in [0.1, 0.15) is 5.75 Å². The van der Waals surface area contributed by atoms with Crippen LogP contribution in [-0.2, 0) is 6.42 Å². The zero-order valence-corrected chi connectivity index (χ0v) is 20.7. The number of benzene rings is 3. The van der Waals surface area contributed by atoms with Gasteiger partial charge in [0.2, 0.25) is 0 Å². The number of phenols is 1. The predicted octanol–water partition coefficient (Wildman–Crippen LogP) is 4.04. The van der Waals surface area contributed by atoms with E-state index in [0.29, 0.717) is 15.1 Å². The molecule has 2 aliphatic rings. The molecule has 1 aromatic heterocycles. The highest BCUT2D eigenvalue weighted by atomic mass is 32.1. The van der Waals surface area contributed by atoms with E-state index in [1.165, 1.54) is 24.0 Å². The second kappa shape index (κ2) is 8.84. The van der Waals surface area contributed by atoms with Crippen LogP contribution in [-0.4, -0.2) is 23.9 Å². The number of nitrogens with zero attached hydrogens (tertiary/aromatic N) is 2. The number of ether oxygens (including phenoxy) is 2. The van der Waals surface area contributed by atoms with Gasteiger partial charge in [0.25, 0.3) is 5.56 Å². The van der Waals surface area contributed by atoms with Crippen LogP contribution in [0.15, 0.2) is 82.1 Å². The maximum Gasteiger partial charge on any atom is 0.271 e. The molecule has 1 aliphatic heterocycles. The maximum absolute atomic E-state index is 13.8. The molecule has 1 atom stereocenters. The van der Waals surface area contributed by atoms with Crippen molar-refractivity contribution in [2.24, 2.45) is 4.99 Å². The Morgan fingerprint density at radius 1 is 1.03 bits per heavy atom. The van der Waals surface area contributed by atoms with Gasteiger partial charge < -0.3 is 14.6 Å². The second-order valence-corrected chi connectivity index (χ2v) is 9.83. The van der Waals surface area contributed by atoms with Crippen molar-refractivity contribution < 1.29 is 14.6 Å². The Kier molecular flexibility index (Phi) is 5.49. The molecule has 180 valence electrons. The Bertz CT molecular complexity index is 1710. The number of thiazole rings is 1. The maximum atomic E-state index is 13.8. The Morgan fingerprint density at radius 3 is 2.72 bits per heavy atom. The van der Waals surface area contributed by atoms with Crippen LogP contribution >= 0.6 is 11.3 Å². The van der Waals surface area contributed by atoms with Crippen LogP contribution < -0.4 is 24.4 Å². The highest BCUT2D eigenvalue weighted by molar-refractivity contribution is 7.07. The van der Waals surface area contributed by atoms with Gasteiger partial charge in [-0.25, -0.2) is 4.99 Å². The number of methoxy groups -OCH3 is 2. The Labute approximate surface area is 211 Å². The third-order valence-electron chi connectivity index (χ3n) is 6.78. The van der Waals surface area contributed by atoms with Gasteiger partial charge in [-0.15, -0.1) is 0 Å². The molecule has 0 fully saturated rings. The molecule has 1 aliphatic carbocycles. The van der Waals surface area contributed by atoms with Crippen LogP contribution in [0.1, 0.15) is 34.7 Å². The van der Waals surface area contributed by atoms with Crippen LogP contribution in [0.3, 0.4) is 0 Å². The van der Waals surface area contributed by atoms with Crippen molar-refractivity contribution in [2.45, 2.75) is 18.9 Å². The molecular formula is C29H24N2O4S. The number of fused-ring (bicyclic) bond motifs is 3. The molecule has 0 saturated carbocycles. The number of rotatable bonds is 4. The normalized spacial score (nSPS) is 16.6. The third kappa shape index (κ3) is 3.63. The van der Waals surface area contributed by atoms with E-state index in [0.717, 1.165) is 46.6 Å². The van der Waals surface area contributed by atoms with Gasteiger partial charge in [-0.2, -0.15) is 0 Å². The lowest BCUT2D eigenvalue weighted by molar-refractivity contribution is 0.373. The van der Waals surface area contributed by atoms with E-state index in [2.05, 4.69) is 18.2 Å². The van der Waals surface area contributed by atoms with Crippen LogP contribution in [0.4, 0.5) is 0 Å². The number of aromatic hydroxyl groups is 1. The lowest BCUT2D eigenvalue weighted by atomic mass is 9.83. The molecule has 0 bridgehead atoms. The van der Waals surface area contributed by atoms with E-state index < -0.39 is 0 Å². The molecule has 6 nitrogen and oxygen atoms in total. The lowest BCUT2D eigenvalue weighted by Gasteiger charge is -2.31. The molecule has 7 heteroatoms. The van der Waals surface area contributed by atoms with Crippen molar-refractivity contribution >= 4 is 23.1 Å². The van der Waals surface area contributed by atoms with E-state index in [1.807, 2.05) is 41.0 Å². The second-order valence-electron chi connectivity index (χ2n) is 8.82. The van der Waals surface area contributed by atoms with Crippen molar-refractivity contribution in [1.29, 1.82) is 0 Å². The lowest BCUT2D eigenvalue weighted by Crippen LogP contribution is -2.38. The Hall–Kier alpha value is -4.10. The van der Waals surface area contributed by atoms with Crippen molar-refractivity contribution in [3.8, 4) is 17.2 Å². The van der Waals surface area contributed by atoms with E-state index >= 15 is 0 Å². The van der Waals surface area contributed by atoms with Crippen LogP contribution in [0.2, 0.25) is 0 Å². The first-order valence-electron chi connectivity index (χ1n) is 11.7. The summed E-state index contributed by atoms with van der Waals surface area (Å²) in [5, 5.41) is 9.96. The van der Waals surface area contributed by atoms with Crippen molar-refractivity contribution in [3.63, 3.8) is 0 Å². The zero-order chi connectivity index (χ0) is 24.8. The minimum atomic E-state index is -0.267. The summed E-state index contributed by atoms with van der Waals surface area (Å²) >= 11 is 1.37. The fraction of sp³-hybridized carbons (Fsp3) is 0.172. The largest absolute Gasteiger partial charge is 0.504 e. The summed E-state index contributed by atoms with van der Waals surface area (Å²) in [6.07, 6.45) is 3.56. The molecule has 4 aromatic rings. The van der Waals surface area contributed by atoms with Crippen LogP contribution in [0, 0.1) is 0 Å². The number of aromatic nitrogens is 1. The average Bonchev–Trinajstić information content (AvgIpc) is 3.22. The molecule has 1 N–H and O–H groups in total. The topological polar surface area (TPSA) is 73.1 Å². The number of hydrogen-bond acceptors (Lipinski definition) is 6. The molecule has 0 radical (unpaired) electrons. The van der Waals surface area contributed by atoms with Crippen molar-refractivity contribution in [3.05, 3.63) is 114 Å². The summed E-state index contributed by atoms with van der Waals surface area (Å²) in [6, 6.07) is 21.1. The summed E-state index contributed by atoms with van der Waals surface area (Å²) in [5.74, 6) is 1.17. The van der Waals surface area contributed by atoms with Gasteiger partial charge in [-0.3, -0.25) is 9.36 Å². The third-order valence-corrected chi connectivity index (χ3v) is 7.77. The first-order valence-corrected chi connectivity index (χ1v) is 12.5. The van der Waals surface area contributed by atoms with Crippen molar-refractivity contribution in [1.82, 2.24) is 4.57 Å². The first kappa shape index (κ1) is 22.4. The zero-order valence-electron chi connectivity index (χ0n) is 19.9. The molecule has 0 amide bonds. The smallest absolute Gasteiger partial charge is 0.271 e. The Morgan fingerprint density at radius 2 is 1.89 bits per heavy atom. The highest BCUT2D eigenvalue weighted by Gasteiger charge is 2.32. The van der Waals surface area contributed by atoms with Gasteiger partial charge in [-0.1, -0.05) is 53.8 Å². The summed E-state index contributed by atoms with van der Waals surface area (Å²) < 4.78 is 13.1. The van der Waals surface area contributed by atoms with E-state index in [4.69, 9.17) is 14.5 Å². The number of hydrogen-bond donors (Lipinski definition) is 1. The van der Waals surface area contributed by atoms with Crippen LogP contribution in [0.25, 0.3) is 11.8 Å². The number of allylic oxidation sites excluding steroid dienone is 1. The van der Waals surface area contributed by atoms with E-state index in [-0.39, 0.29) is 17.4 Å². The Balaban J connectivity index is 1.61. The molecule has 6 rings (SSSR count). The SMILES string of the molecule is COc1cccc([C@H]2C3=C(N=c4s/c(=C/c5ccc(O)c(OC)c5)c(=O)n42)c2ccccc2CC3)c1. The summed E-state index contributed by atoms with van der Waals surface area (Å²) in [7, 11) is 3.15. The van der Waals surface area contributed by atoms with Crippen molar-refractivity contribution in [2.75, 3.05) is 14.2 Å². The van der Waals surface area contributed by atoms with Gasteiger partial charge >= 0.3 is 0 Å². The van der Waals surface area contributed by atoms with E-state index in [9.17, 15) is 9.90 Å². The average molecular weight is 497 g/mol. The predicted molar refractivity (Wildman–Crippen MR) is 140 cm³/mol. The van der Waals surface area contributed by atoms with Gasteiger partial charge in [-0.05, 0) is 65.4 Å². The molecule has 3 aromatic carbocycles. The molecule has 0 saturated heterocycles. The summed E-state index contributed by atoms with van der Waals surface area (Å²) in [5.41, 5.74) is 6.18. The minimum Gasteiger partial charge on any atom is -0.504 e. The summed E-state index contributed by atoms with van der Waals surface area (Å²) in [6.45, 7) is 0. The van der Waals surface area contributed by atoms with Gasteiger partial charge in [0.05, 0.1) is 30.5 Å². The quantitative estimate of drug-likeness (QED) is 0.463. The van der Waals surface area contributed by atoms with Crippen LogP contribution in [0.5, 0.6) is 17.2 Å². The molecule has 0 spiro atoms. The fourth-order valence-electron chi connectivity index (χ4n) is 5.07. The number of aryl methyl sites for hydroxylation is 1. The molecule has 0 unspecified atom stereocenters. The molecular weight excluding hydrogens is 472 g/mol. The van der Waals surface area contributed by atoms with E-state index in [1.54, 1.807) is 25.3 Å². The first-order chi connectivity index (χ1) is 17.6. The van der Waals surface area contributed by atoms with Gasteiger partial charge in [0, 0.05) is 5.56 Å². The minimum absolute atomic E-state index is 0.0560.